The van der Waals surface area contributed by atoms with Crippen molar-refractivity contribution in [3.05, 3.63) is 35.4 Å². The predicted octanol–water partition coefficient (Wildman–Crippen LogP) is 1.75. The molecule has 2 amide bonds. The van der Waals surface area contributed by atoms with E-state index < -0.39 is 0 Å². The molecule has 0 aliphatic carbocycles. The number of carbonyl (C=O) groups is 1. The van der Waals surface area contributed by atoms with Gasteiger partial charge in [-0.05, 0) is 39.5 Å². The molecule has 0 aromatic heterocycles. The first-order chi connectivity index (χ1) is 8.58. The SMILES string of the molecule is Cc1ccc(CNC(=O)NCCCN(C)C)cc1. The highest BCUT2D eigenvalue weighted by molar-refractivity contribution is 5.73. The normalized spacial score (nSPS) is 10.4. The molecule has 0 bridgehead atoms. The minimum Gasteiger partial charge on any atom is -0.338 e. The van der Waals surface area contributed by atoms with Gasteiger partial charge in [-0.15, -0.1) is 0 Å². The minimum absolute atomic E-state index is 0.102. The third-order valence-corrected chi connectivity index (χ3v) is 2.64. The number of urea groups is 1. The van der Waals surface area contributed by atoms with E-state index >= 15 is 0 Å². The molecule has 1 aromatic carbocycles. The molecule has 4 heteroatoms. The Hall–Kier alpha value is -1.55. The molecule has 100 valence electrons. The fraction of sp³-hybridized carbons (Fsp3) is 0.500. The second-order valence-corrected chi connectivity index (χ2v) is 4.75. The Bertz CT molecular complexity index is 360. The summed E-state index contributed by atoms with van der Waals surface area (Å²) < 4.78 is 0. The van der Waals surface area contributed by atoms with Crippen molar-refractivity contribution >= 4 is 6.03 Å². The summed E-state index contributed by atoms with van der Waals surface area (Å²) in [5.74, 6) is 0. The van der Waals surface area contributed by atoms with Gasteiger partial charge in [0.1, 0.15) is 0 Å². The summed E-state index contributed by atoms with van der Waals surface area (Å²) in [6, 6.07) is 8.05. The maximum absolute atomic E-state index is 11.5. The van der Waals surface area contributed by atoms with E-state index in [1.807, 2.05) is 38.4 Å². The van der Waals surface area contributed by atoms with Crippen LogP contribution < -0.4 is 10.6 Å². The molecule has 0 heterocycles. The highest BCUT2D eigenvalue weighted by Gasteiger charge is 1.99. The van der Waals surface area contributed by atoms with Gasteiger partial charge in [0, 0.05) is 13.1 Å². The van der Waals surface area contributed by atoms with Crippen molar-refractivity contribution in [2.75, 3.05) is 27.2 Å². The van der Waals surface area contributed by atoms with Crippen molar-refractivity contribution in [3.8, 4) is 0 Å². The average molecular weight is 249 g/mol. The van der Waals surface area contributed by atoms with Crippen LogP contribution in [0.3, 0.4) is 0 Å². The van der Waals surface area contributed by atoms with Crippen molar-refractivity contribution in [2.45, 2.75) is 19.9 Å². The van der Waals surface area contributed by atoms with Gasteiger partial charge in [0.05, 0.1) is 0 Å². The lowest BCUT2D eigenvalue weighted by atomic mass is 10.1. The first-order valence-electron chi connectivity index (χ1n) is 6.30. The molecule has 0 aliphatic rings. The summed E-state index contributed by atoms with van der Waals surface area (Å²) in [5, 5.41) is 5.69. The first-order valence-corrected chi connectivity index (χ1v) is 6.30. The highest BCUT2D eigenvalue weighted by atomic mass is 16.2. The van der Waals surface area contributed by atoms with Gasteiger partial charge in [-0.25, -0.2) is 4.79 Å². The summed E-state index contributed by atoms with van der Waals surface area (Å²) in [5.41, 5.74) is 2.34. The van der Waals surface area contributed by atoms with Crippen LogP contribution in [0.5, 0.6) is 0 Å². The third kappa shape index (κ3) is 6.25. The van der Waals surface area contributed by atoms with E-state index in [4.69, 9.17) is 0 Å². The quantitative estimate of drug-likeness (QED) is 0.754. The van der Waals surface area contributed by atoms with Crippen molar-refractivity contribution in [1.82, 2.24) is 15.5 Å². The zero-order chi connectivity index (χ0) is 13.4. The van der Waals surface area contributed by atoms with E-state index in [0.717, 1.165) is 18.5 Å². The van der Waals surface area contributed by atoms with Crippen LogP contribution in [0.15, 0.2) is 24.3 Å². The Morgan fingerprint density at radius 1 is 1.17 bits per heavy atom. The molecular weight excluding hydrogens is 226 g/mol. The molecule has 0 fully saturated rings. The van der Waals surface area contributed by atoms with Gasteiger partial charge in [0.15, 0.2) is 0 Å². The smallest absolute Gasteiger partial charge is 0.315 e. The Morgan fingerprint density at radius 2 is 1.83 bits per heavy atom. The van der Waals surface area contributed by atoms with Gasteiger partial charge < -0.3 is 15.5 Å². The standard InChI is InChI=1S/C14H23N3O/c1-12-5-7-13(8-6-12)11-16-14(18)15-9-4-10-17(2)3/h5-8H,4,9-11H2,1-3H3,(H2,15,16,18). The minimum atomic E-state index is -0.102. The van der Waals surface area contributed by atoms with E-state index in [2.05, 4.69) is 22.5 Å². The van der Waals surface area contributed by atoms with E-state index in [0.29, 0.717) is 13.1 Å². The molecule has 18 heavy (non-hydrogen) atoms. The summed E-state index contributed by atoms with van der Waals surface area (Å²) >= 11 is 0. The van der Waals surface area contributed by atoms with Gasteiger partial charge >= 0.3 is 6.03 Å². The van der Waals surface area contributed by atoms with Crippen molar-refractivity contribution in [3.63, 3.8) is 0 Å². The summed E-state index contributed by atoms with van der Waals surface area (Å²) in [4.78, 5) is 13.6. The lowest BCUT2D eigenvalue weighted by Crippen LogP contribution is -2.36. The molecule has 0 radical (unpaired) electrons. The van der Waals surface area contributed by atoms with Gasteiger partial charge in [-0.1, -0.05) is 29.8 Å². The summed E-state index contributed by atoms with van der Waals surface area (Å²) in [7, 11) is 4.05. The molecule has 0 spiro atoms. The van der Waals surface area contributed by atoms with Gasteiger partial charge in [0.2, 0.25) is 0 Å². The molecule has 1 rings (SSSR count). The number of amides is 2. The van der Waals surface area contributed by atoms with Gasteiger partial charge in [-0.2, -0.15) is 0 Å². The molecule has 0 unspecified atom stereocenters. The molecule has 0 saturated heterocycles. The number of nitrogens with one attached hydrogen (secondary N) is 2. The van der Waals surface area contributed by atoms with Gasteiger partial charge in [0.25, 0.3) is 0 Å². The second kappa shape index (κ2) is 7.71. The topological polar surface area (TPSA) is 44.4 Å². The van der Waals surface area contributed by atoms with Crippen LogP contribution >= 0.6 is 0 Å². The fourth-order valence-electron chi connectivity index (χ4n) is 1.55. The maximum atomic E-state index is 11.5. The zero-order valence-electron chi connectivity index (χ0n) is 11.5. The maximum Gasteiger partial charge on any atom is 0.315 e. The molecule has 2 N–H and O–H groups in total. The van der Waals surface area contributed by atoms with E-state index in [1.54, 1.807) is 0 Å². The van der Waals surface area contributed by atoms with Crippen molar-refractivity contribution in [1.29, 1.82) is 0 Å². The molecule has 1 aromatic rings. The number of nitrogens with zero attached hydrogens (tertiary/aromatic N) is 1. The molecular formula is C14H23N3O. The summed E-state index contributed by atoms with van der Waals surface area (Å²) in [6.45, 7) is 4.31. The lowest BCUT2D eigenvalue weighted by Gasteiger charge is -2.10. The van der Waals surface area contributed by atoms with E-state index in [1.165, 1.54) is 5.56 Å². The largest absolute Gasteiger partial charge is 0.338 e. The predicted molar refractivity (Wildman–Crippen MR) is 74.6 cm³/mol. The Balaban J connectivity index is 2.15. The fourth-order valence-corrected chi connectivity index (χ4v) is 1.55. The number of hydrogen-bond donors (Lipinski definition) is 2. The van der Waals surface area contributed by atoms with Crippen LogP contribution in [0.1, 0.15) is 17.5 Å². The Labute approximate surface area is 109 Å². The lowest BCUT2D eigenvalue weighted by molar-refractivity contribution is 0.240. The molecule has 0 saturated carbocycles. The van der Waals surface area contributed by atoms with Crippen LogP contribution in [0.25, 0.3) is 0 Å². The van der Waals surface area contributed by atoms with Crippen LogP contribution in [0.2, 0.25) is 0 Å². The van der Waals surface area contributed by atoms with Crippen molar-refractivity contribution in [2.24, 2.45) is 0 Å². The van der Waals surface area contributed by atoms with E-state index in [9.17, 15) is 4.79 Å². The number of aryl methyl sites for hydroxylation is 1. The molecule has 4 nitrogen and oxygen atoms in total. The van der Waals surface area contributed by atoms with E-state index in [-0.39, 0.29) is 6.03 Å². The second-order valence-electron chi connectivity index (χ2n) is 4.75. The highest BCUT2D eigenvalue weighted by Crippen LogP contribution is 2.02. The summed E-state index contributed by atoms with van der Waals surface area (Å²) in [6.07, 6.45) is 0.963. The van der Waals surface area contributed by atoms with Crippen molar-refractivity contribution < 1.29 is 4.79 Å². The van der Waals surface area contributed by atoms with Gasteiger partial charge in [-0.3, -0.25) is 0 Å². The van der Waals surface area contributed by atoms with Crippen LogP contribution in [-0.2, 0) is 6.54 Å². The van der Waals surface area contributed by atoms with Crippen LogP contribution in [0.4, 0.5) is 4.79 Å². The van der Waals surface area contributed by atoms with Crippen LogP contribution in [-0.4, -0.2) is 38.1 Å². The number of hydrogen-bond acceptors (Lipinski definition) is 2. The Morgan fingerprint density at radius 3 is 2.44 bits per heavy atom. The zero-order valence-corrected chi connectivity index (χ0v) is 11.5. The van der Waals surface area contributed by atoms with Crippen LogP contribution in [0, 0.1) is 6.92 Å². The molecule has 0 aliphatic heterocycles. The number of carbonyl (C=O) groups excluding carboxylic acids is 1. The molecule has 0 atom stereocenters. The Kier molecular flexibility index (Phi) is 6.22. The average Bonchev–Trinajstić information content (AvgIpc) is 2.34. The third-order valence-electron chi connectivity index (χ3n) is 2.64. The first kappa shape index (κ1) is 14.5. The number of rotatable bonds is 6. The number of benzene rings is 1. The monoisotopic (exact) mass is 249 g/mol.